The molecule has 0 aliphatic heterocycles. The SMILES string of the molecule is CCC(CO)(Nc1cccc(OC)c1)c1cccc(Br)c1. The zero-order valence-electron chi connectivity index (χ0n) is 12.3. The van der Waals surface area contributed by atoms with Crippen molar-refractivity contribution in [1.82, 2.24) is 0 Å². The number of aliphatic hydroxyl groups is 1. The fourth-order valence-corrected chi connectivity index (χ4v) is 2.77. The number of hydrogen-bond acceptors (Lipinski definition) is 3. The number of benzene rings is 2. The van der Waals surface area contributed by atoms with E-state index < -0.39 is 5.54 Å². The highest BCUT2D eigenvalue weighted by Gasteiger charge is 2.29. The van der Waals surface area contributed by atoms with Gasteiger partial charge in [0.25, 0.3) is 0 Å². The van der Waals surface area contributed by atoms with Gasteiger partial charge in [-0.2, -0.15) is 0 Å². The van der Waals surface area contributed by atoms with Crippen LogP contribution in [0.3, 0.4) is 0 Å². The molecule has 0 aliphatic carbocycles. The van der Waals surface area contributed by atoms with E-state index in [1.165, 1.54) is 0 Å². The number of nitrogens with one attached hydrogen (secondary N) is 1. The molecule has 2 aromatic rings. The molecule has 2 N–H and O–H groups in total. The molecule has 0 aliphatic rings. The maximum absolute atomic E-state index is 10.00. The maximum atomic E-state index is 10.00. The van der Waals surface area contributed by atoms with Gasteiger partial charge < -0.3 is 15.2 Å². The van der Waals surface area contributed by atoms with E-state index in [-0.39, 0.29) is 6.61 Å². The van der Waals surface area contributed by atoms with Gasteiger partial charge in [-0.3, -0.25) is 0 Å². The Labute approximate surface area is 134 Å². The molecule has 2 aromatic carbocycles. The van der Waals surface area contributed by atoms with E-state index in [0.29, 0.717) is 0 Å². The lowest BCUT2D eigenvalue weighted by atomic mass is 9.87. The van der Waals surface area contributed by atoms with Gasteiger partial charge in [0.2, 0.25) is 0 Å². The molecule has 1 atom stereocenters. The molecule has 3 nitrogen and oxygen atoms in total. The maximum Gasteiger partial charge on any atom is 0.120 e. The van der Waals surface area contributed by atoms with Crippen molar-refractivity contribution in [3.63, 3.8) is 0 Å². The normalized spacial score (nSPS) is 13.5. The number of halogens is 1. The standard InChI is InChI=1S/C17H20BrNO2/c1-3-17(12-20,13-6-4-7-14(18)10-13)19-15-8-5-9-16(11-15)21-2/h4-11,19-20H,3,12H2,1-2H3. The van der Waals surface area contributed by atoms with Crippen LogP contribution in [0.4, 0.5) is 5.69 Å². The van der Waals surface area contributed by atoms with Crippen molar-refractivity contribution >= 4 is 21.6 Å². The van der Waals surface area contributed by atoms with Crippen LogP contribution >= 0.6 is 15.9 Å². The number of hydrogen-bond donors (Lipinski definition) is 2. The molecular formula is C17H20BrNO2. The largest absolute Gasteiger partial charge is 0.497 e. The Bertz CT molecular complexity index is 597. The molecule has 4 heteroatoms. The Morgan fingerprint density at radius 1 is 1.19 bits per heavy atom. The summed E-state index contributed by atoms with van der Waals surface area (Å²) in [4.78, 5) is 0. The fourth-order valence-electron chi connectivity index (χ4n) is 2.37. The van der Waals surface area contributed by atoms with Crippen molar-refractivity contribution < 1.29 is 9.84 Å². The van der Waals surface area contributed by atoms with Crippen molar-refractivity contribution in [3.05, 3.63) is 58.6 Å². The first-order valence-electron chi connectivity index (χ1n) is 6.92. The Morgan fingerprint density at radius 2 is 1.95 bits per heavy atom. The monoisotopic (exact) mass is 349 g/mol. The molecule has 2 rings (SSSR count). The lowest BCUT2D eigenvalue weighted by molar-refractivity contribution is 0.207. The van der Waals surface area contributed by atoms with Gasteiger partial charge in [0.05, 0.1) is 19.3 Å². The number of ether oxygens (including phenoxy) is 1. The third-order valence-corrected chi connectivity index (χ3v) is 4.20. The highest BCUT2D eigenvalue weighted by atomic mass is 79.9. The zero-order chi connectivity index (χ0) is 15.3. The molecule has 0 saturated heterocycles. The van der Waals surface area contributed by atoms with Crippen LogP contribution in [0.25, 0.3) is 0 Å². The summed E-state index contributed by atoms with van der Waals surface area (Å²) in [7, 11) is 1.65. The summed E-state index contributed by atoms with van der Waals surface area (Å²) in [5.41, 5.74) is 1.45. The molecule has 0 fully saturated rings. The van der Waals surface area contributed by atoms with E-state index in [1.54, 1.807) is 7.11 Å². The molecule has 0 spiro atoms. The predicted molar refractivity (Wildman–Crippen MR) is 89.8 cm³/mol. The highest BCUT2D eigenvalue weighted by molar-refractivity contribution is 9.10. The summed E-state index contributed by atoms with van der Waals surface area (Å²) in [5, 5.41) is 13.5. The van der Waals surface area contributed by atoms with Gasteiger partial charge >= 0.3 is 0 Å². The van der Waals surface area contributed by atoms with Crippen molar-refractivity contribution in [2.75, 3.05) is 19.0 Å². The fraction of sp³-hybridized carbons (Fsp3) is 0.294. The van der Waals surface area contributed by atoms with Crippen LogP contribution < -0.4 is 10.1 Å². The molecule has 112 valence electrons. The summed E-state index contributed by atoms with van der Waals surface area (Å²) in [6.07, 6.45) is 0.761. The molecule has 0 heterocycles. The average molecular weight is 350 g/mol. The van der Waals surface area contributed by atoms with Crippen LogP contribution in [-0.2, 0) is 5.54 Å². The van der Waals surface area contributed by atoms with E-state index in [9.17, 15) is 5.11 Å². The van der Waals surface area contributed by atoms with Crippen LogP contribution in [0.5, 0.6) is 5.75 Å². The number of anilines is 1. The first kappa shape index (κ1) is 15.9. The Hall–Kier alpha value is -1.52. The van der Waals surface area contributed by atoms with Crippen LogP contribution in [-0.4, -0.2) is 18.8 Å². The quantitative estimate of drug-likeness (QED) is 0.822. The van der Waals surface area contributed by atoms with E-state index >= 15 is 0 Å². The van der Waals surface area contributed by atoms with E-state index in [4.69, 9.17) is 4.74 Å². The van der Waals surface area contributed by atoms with Gasteiger partial charge in [-0.1, -0.05) is 41.1 Å². The Balaban J connectivity index is 2.38. The van der Waals surface area contributed by atoms with Crippen molar-refractivity contribution in [3.8, 4) is 5.75 Å². The summed E-state index contributed by atoms with van der Waals surface area (Å²) in [5.74, 6) is 0.789. The Kier molecular flexibility index (Phi) is 5.26. The number of aliphatic hydroxyl groups excluding tert-OH is 1. The molecule has 0 radical (unpaired) electrons. The number of methoxy groups -OCH3 is 1. The van der Waals surface area contributed by atoms with Gasteiger partial charge in [-0.25, -0.2) is 0 Å². The van der Waals surface area contributed by atoms with Crippen LogP contribution in [0.1, 0.15) is 18.9 Å². The zero-order valence-corrected chi connectivity index (χ0v) is 13.9. The lowest BCUT2D eigenvalue weighted by Crippen LogP contribution is -2.38. The molecular weight excluding hydrogens is 330 g/mol. The molecule has 0 saturated carbocycles. The molecule has 0 amide bonds. The smallest absolute Gasteiger partial charge is 0.120 e. The minimum absolute atomic E-state index is 0.0111. The number of rotatable bonds is 6. The predicted octanol–water partition coefficient (Wildman–Crippen LogP) is 4.17. The summed E-state index contributed by atoms with van der Waals surface area (Å²) < 4.78 is 6.25. The van der Waals surface area contributed by atoms with Crippen LogP contribution in [0.15, 0.2) is 53.0 Å². The van der Waals surface area contributed by atoms with Gasteiger partial charge in [-0.05, 0) is 36.2 Å². The summed E-state index contributed by atoms with van der Waals surface area (Å²) in [6.45, 7) is 2.07. The minimum atomic E-state index is -0.518. The third-order valence-electron chi connectivity index (χ3n) is 3.70. The molecule has 1 unspecified atom stereocenters. The van der Waals surface area contributed by atoms with Crippen molar-refractivity contribution in [2.24, 2.45) is 0 Å². The minimum Gasteiger partial charge on any atom is -0.497 e. The third kappa shape index (κ3) is 3.57. The topological polar surface area (TPSA) is 41.5 Å². The highest BCUT2D eigenvalue weighted by Crippen LogP contribution is 2.32. The summed E-state index contributed by atoms with van der Waals surface area (Å²) in [6, 6.07) is 15.7. The molecule has 0 bridgehead atoms. The second kappa shape index (κ2) is 6.96. The van der Waals surface area contributed by atoms with Gasteiger partial charge in [0.15, 0.2) is 0 Å². The average Bonchev–Trinajstić information content (AvgIpc) is 2.53. The molecule has 0 aromatic heterocycles. The summed E-state index contributed by atoms with van der Waals surface area (Å²) >= 11 is 3.49. The lowest BCUT2D eigenvalue weighted by Gasteiger charge is -2.34. The van der Waals surface area contributed by atoms with Crippen LogP contribution in [0, 0.1) is 0 Å². The van der Waals surface area contributed by atoms with Crippen molar-refractivity contribution in [1.29, 1.82) is 0 Å². The second-order valence-electron chi connectivity index (χ2n) is 4.96. The Morgan fingerprint density at radius 3 is 2.57 bits per heavy atom. The van der Waals surface area contributed by atoms with E-state index in [1.807, 2.05) is 48.5 Å². The van der Waals surface area contributed by atoms with E-state index in [0.717, 1.165) is 27.9 Å². The molecule has 21 heavy (non-hydrogen) atoms. The van der Waals surface area contributed by atoms with Gasteiger partial charge in [0.1, 0.15) is 5.75 Å². The van der Waals surface area contributed by atoms with Crippen LogP contribution in [0.2, 0.25) is 0 Å². The van der Waals surface area contributed by atoms with Gasteiger partial charge in [0, 0.05) is 16.2 Å². The van der Waals surface area contributed by atoms with Crippen molar-refractivity contribution in [2.45, 2.75) is 18.9 Å². The van der Waals surface area contributed by atoms with E-state index in [2.05, 4.69) is 28.2 Å². The van der Waals surface area contributed by atoms with Gasteiger partial charge in [-0.15, -0.1) is 0 Å². The first-order chi connectivity index (χ1) is 10.1. The first-order valence-corrected chi connectivity index (χ1v) is 7.72. The second-order valence-corrected chi connectivity index (χ2v) is 5.88.